The van der Waals surface area contributed by atoms with Crippen molar-refractivity contribution < 1.29 is 40.2 Å². The van der Waals surface area contributed by atoms with E-state index in [1.54, 1.807) is 18.2 Å². The van der Waals surface area contributed by atoms with Gasteiger partial charge in [0.05, 0.1) is 18.0 Å². The van der Waals surface area contributed by atoms with Crippen molar-refractivity contribution >= 4 is 16.9 Å². The molecule has 0 aliphatic rings. The van der Waals surface area contributed by atoms with Gasteiger partial charge in [0.1, 0.15) is 11.5 Å². The minimum Gasteiger partial charge on any atom is -0.506 e. The first-order chi connectivity index (χ1) is 8.49. The van der Waals surface area contributed by atoms with Crippen LogP contribution in [0.2, 0.25) is 0 Å². The number of aromatic hydroxyl groups is 1. The molecule has 0 spiro atoms. The molecule has 19 heavy (non-hydrogen) atoms. The zero-order chi connectivity index (χ0) is 13.4. The van der Waals surface area contributed by atoms with Gasteiger partial charge in [0.25, 0.3) is 5.56 Å². The quantitative estimate of drug-likeness (QED) is 0.734. The Labute approximate surface area is 121 Å². The standard InChI is InChI=1S/C12H11NO5.Re/c1-13-6-4-3-5-7(18-2)8(6)10(14)9(11(13)15)12(16)17;/h3-5,14H,1-2H3,(H,16,17);. The summed E-state index contributed by atoms with van der Waals surface area (Å²) in [5.74, 6) is -1.73. The fourth-order valence-electron chi connectivity index (χ4n) is 1.90. The van der Waals surface area contributed by atoms with Crippen LogP contribution in [0.3, 0.4) is 0 Å². The van der Waals surface area contributed by atoms with Crippen LogP contribution in [0, 0.1) is 0 Å². The number of nitrogens with zero attached hydrogens (tertiary/aromatic N) is 1. The fourth-order valence-corrected chi connectivity index (χ4v) is 1.90. The van der Waals surface area contributed by atoms with Crippen molar-refractivity contribution in [1.29, 1.82) is 0 Å². The van der Waals surface area contributed by atoms with Gasteiger partial charge < -0.3 is 19.5 Å². The Morgan fingerprint density at radius 3 is 2.53 bits per heavy atom. The van der Waals surface area contributed by atoms with E-state index in [0.717, 1.165) is 0 Å². The second kappa shape index (κ2) is 5.43. The largest absolute Gasteiger partial charge is 0.506 e. The summed E-state index contributed by atoms with van der Waals surface area (Å²) in [5, 5.41) is 19.2. The third kappa shape index (κ3) is 2.23. The van der Waals surface area contributed by atoms with Gasteiger partial charge in [-0.15, -0.1) is 0 Å². The molecule has 0 saturated carbocycles. The molecule has 0 amide bonds. The van der Waals surface area contributed by atoms with Gasteiger partial charge in [-0.1, -0.05) is 6.07 Å². The van der Waals surface area contributed by atoms with Crippen LogP contribution < -0.4 is 10.3 Å². The average Bonchev–Trinajstić information content (AvgIpc) is 2.34. The van der Waals surface area contributed by atoms with Gasteiger partial charge in [-0.25, -0.2) is 4.79 Å². The number of ether oxygens (including phenoxy) is 1. The molecule has 0 fully saturated rings. The number of carboxylic acid groups (broad SMARTS) is 1. The maximum absolute atomic E-state index is 11.8. The van der Waals surface area contributed by atoms with Crippen LogP contribution >= 0.6 is 0 Å². The molecule has 0 unspecified atom stereocenters. The molecule has 0 saturated heterocycles. The fraction of sp³-hybridized carbons (Fsp3) is 0.167. The number of carboxylic acids is 1. The SMILES string of the molecule is COc1cccc2c1c(O)c(C(=O)O)c(=O)n2C.[Re]. The summed E-state index contributed by atoms with van der Waals surface area (Å²) < 4.78 is 6.24. The summed E-state index contributed by atoms with van der Waals surface area (Å²) in [5.41, 5.74) is -1.02. The second-order valence-electron chi connectivity index (χ2n) is 3.75. The Hall–Kier alpha value is -1.84. The second-order valence-corrected chi connectivity index (χ2v) is 3.75. The smallest absolute Gasteiger partial charge is 0.345 e. The van der Waals surface area contributed by atoms with E-state index in [9.17, 15) is 14.7 Å². The number of fused-ring (bicyclic) bond motifs is 1. The Morgan fingerprint density at radius 1 is 1.37 bits per heavy atom. The van der Waals surface area contributed by atoms with Gasteiger partial charge in [-0.05, 0) is 12.1 Å². The van der Waals surface area contributed by atoms with Crippen molar-refractivity contribution in [3.05, 3.63) is 34.1 Å². The summed E-state index contributed by atoms with van der Waals surface area (Å²) in [6.45, 7) is 0. The maximum atomic E-state index is 11.8. The van der Waals surface area contributed by atoms with Gasteiger partial charge in [0.15, 0.2) is 5.56 Å². The number of hydrogen-bond donors (Lipinski definition) is 2. The molecule has 0 aliphatic heterocycles. The molecule has 2 aromatic rings. The van der Waals surface area contributed by atoms with E-state index >= 15 is 0 Å². The van der Waals surface area contributed by atoms with E-state index < -0.39 is 22.8 Å². The first kappa shape index (κ1) is 15.2. The minimum atomic E-state index is -1.47. The van der Waals surface area contributed by atoms with E-state index in [4.69, 9.17) is 9.84 Å². The Kier molecular flexibility index (Phi) is 4.35. The Balaban J connectivity index is 0.00000180. The zero-order valence-electron chi connectivity index (χ0n) is 10.2. The van der Waals surface area contributed by atoms with E-state index in [1.165, 1.54) is 18.7 Å². The third-order valence-electron chi connectivity index (χ3n) is 2.79. The first-order valence-corrected chi connectivity index (χ1v) is 5.11. The summed E-state index contributed by atoms with van der Waals surface area (Å²) in [6, 6.07) is 4.84. The average molecular weight is 435 g/mol. The van der Waals surface area contributed by atoms with Crippen molar-refractivity contribution in [2.24, 2.45) is 7.05 Å². The summed E-state index contributed by atoms with van der Waals surface area (Å²) >= 11 is 0. The number of hydrogen-bond acceptors (Lipinski definition) is 4. The molecule has 6 nitrogen and oxygen atoms in total. The number of aromatic carboxylic acids is 1. The molecule has 1 aromatic carbocycles. The third-order valence-corrected chi connectivity index (χ3v) is 2.79. The maximum Gasteiger partial charge on any atom is 0.345 e. The van der Waals surface area contributed by atoms with E-state index in [2.05, 4.69) is 0 Å². The van der Waals surface area contributed by atoms with Crippen LogP contribution in [0.1, 0.15) is 10.4 Å². The van der Waals surface area contributed by atoms with E-state index in [-0.39, 0.29) is 25.8 Å². The van der Waals surface area contributed by atoms with Crippen molar-refractivity contribution in [2.45, 2.75) is 0 Å². The number of methoxy groups -OCH3 is 1. The minimum absolute atomic E-state index is 0. The molecule has 0 bridgehead atoms. The van der Waals surface area contributed by atoms with Crippen molar-refractivity contribution in [3.8, 4) is 11.5 Å². The summed E-state index contributed by atoms with van der Waals surface area (Å²) in [7, 11) is 2.84. The molecule has 101 valence electrons. The predicted octanol–water partition coefficient (Wildman–Crippen LogP) is 0.948. The van der Waals surface area contributed by atoms with Crippen molar-refractivity contribution in [3.63, 3.8) is 0 Å². The molecule has 0 atom stereocenters. The number of rotatable bonds is 2. The monoisotopic (exact) mass is 436 g/mol. The molecule has 0 aliphatic carbocycles. The molecule has 1 heterocycles. The topological polar surface area (TPSA) is 88.8 Å². The molecule has 1 radical (unpaired) electrons. The first-order valence-electron chi connectivity index (χ1n) is 5.11. The van der Waals surface area contributed by atoms with Crippen molar-refractivity contribution in [1.82, 2.24) is 4.57 Å². The molecule has 2 N–H and O–H groups in total. The molecule has 1 aromatic heterocycles. The number of pyridine rings is 1. The zero-order valence-corrected chi connectivity index (χ0v) is 12.9. The van der Waals surface area contributed by atoms with Gasteiger partial charge >= 0.3 is 5.97 Å². The van der Waals surface area contributed by atoms with Crippen LogP contribution in [0.4, 0.5) is 0 Å². The van der Waals surface area contributed by atoms with Crippen LogP contribution in [-0.2, 0) is 27.5 Å². The van der Waals surface area contributed by atoms with Gasteiger partial charge in [0, 0.05) is 27.5 Å². The van der Waals surface area contributed by atoms with Crippen LogP contribution in [0.5, 0.6) is 11.5 Å². The van der Waals surface area contributed by atoms with Crippen LogP contribution in [-0.4, -0.2) is 27.9 Å². The van der Waals surface area contributed by atoms with Gasteiger partial charge in [-0.3, -0.25) is 4.79 Å². The Morgan fingerprint density at radius 2 is 2.00 bits per heavy atom. The normalized spacial score (nSPS) is 10.0. The number of aromatic nitrogens is 1. The van der Waals surface area contributed by atoms with E-state index in [1.807, 2.05) is 0 Å². The predicted molar refractivity (Wildman–Crippen MR) is 64.4 cm³/mol. The molecular formula is C12H11NO5Re. The van der Waals surface area contributed by atoms with Crippen molar-refractivity contribution in [2.75, 3.05) is 7.11 Å². The summed E-state index contributed by atoms with van der Waals surface area (Å²) in [4.78, 5) is 22.8. The van der Waals surface area contributed by atoms with E-state index in [0.29, 0.717) is 11.3 Å². The van der Waals surface area contributed by atoms with Gasteiger partial charge in [0.2, 0.25) is 0 Å². The number of aryl methyl sites for hydroxylation is 1. The van der Waals surface area contributed by atoms with Crippen LogP contribution in [0.15, 0.2) is 23.0 Å². The molecule has 2 rings (SSSR count). The number of benzene rings is 1. The molecular weight excluding hydrogens is 424 g/mol. The van der Waals surface area contributed by atoms with Crippen LogP contribution in [0.25, 0.3) is 10.9 Å². The number of carbonyl (C=O) groups is 1. The summed E-state index contributed by atoms with van der Waals surface area (Å²) in [6.07, 6.45) is 0. The van der Waals surface area contributed by atoms with Gasteiger partial charge in [-0.2, -0.15) is 0 Å². The molecule has 7 heteroatoms. The Bertz CT molecular complexity index is 707.